The first kappa shape index (κ1) is 14.0. The highest BCUT2D eigenvalue weighted by molar-refractivity contribution is 9.10. The number of hydrogen-bond donors (Lipinski definition) is 1. The van der Waals surface area contributed by atoms with Crippen LogP contribution in [0.15, 0.2) is 16.6 Å². The van der Waals surface area contributed by atoms with Crippen LogP contribution in [0.4, 0.5) is 0 Å². The third kappa shape index (κ3) is 2.63. The van der Waals surface area contributed by atoms with Gasteiger partial charge < -0.3 is 10.5 Å². The zero-order valence-corrected chi connectivity index (χ0v) is 13.0. The molecule has 2 N–H and O–H groups in total. The first-order valence-corrected chi connectivity index (χ1v) is 7.34. The van der Waals surface area contributed by atoms with Crippen LogP contribution in [-0.2, 0) is 4.74 Å². The lowest BCUT2D eigenvalue weighted by atomic mass is 9.74. The smallest absolute Gasteiger partial charge is 0.0696 e. The van der Waals surface area contributed by atoms with E-state index in [-0.39, 0.29) is 11.6 Å². The molecule has 1 atom stereocenters. The van der Waals surface area contributed by atoms with Crippen LogP contribution in [0.3, 0.4) is 0 Å². The molecule has 1 aromatic carbocycles. The average Bonchev–Trinajstić information content (AvgIpc) is 2.28. The van der Waals surface area contributed by atoms with Gasteiger partial charge >= 0.3 is 0 Å². The first-order chi connectivity index (χ1) is 8.47. The summed E-state index contributed by atoms with van der Waals surface area (Å²) in [6, 6.07) is 4.42. The van der Waals surface area contributed by atoms with Crippen LogP contribution in [0.2, 0.25) is 0 Å². The number of aryl methyl sites for hydroxylation is 2. The molecule has 0 bridgehead atoms. The zero-order valence-electron chi connectivity index (χ0n) is 11.4. The third-order valence-corrected chi connectivity index (χ3v) is 5.09. The summed E-state index contributed by atoms with van der Waals surface area (Å²) in [6.45, 7) is 4.23. The van der Waals surface area contributed by atoms with E-state index in [1.54, 1.807) is 0 Å². The molecule has 1 aliphatic carbocycles. The molecule has 1 fully saturated rings. The van der Waals surface area contributed by atoms with Crippen molar-refractivity contribution in [2.24, 2.45) is 5.73 Å². The topological polar surface area (TPSA) is 35.2 Å². The standard InChI is InChI=1S/C15H22BrNO/c1-10-8-13(16)11(2)7-12(10)14(17)9-15(18-3)5-4-6-15/h7-8,14H,4-6,9,17H2,1-3H3. The van der Waals surface area contributed by atoms with Crippen molar-refractivity contribution >= 4 is 15.9 Å². The van der Waals surface area contributed by atoms with Gasteiger partial charge in [0, 0.05) is 17.6 Å². The minimum atomic E-state index is 0.0346. The third-order valence-electron chi connectivity index (χ3n) is 4.24. The fourth-order valence-electron chi connectivity index (χ4n) is 2.78. The van der Waals surface area contributed by atoms with Crippen LogP contribution in [0, 0.1) is 13.8 Å². The molecule has 0 heterocycles. The van der Waals surface area contributed by atoms with Crippen LogP contribution < -0.4 is 5.73 Å². The molecule has 18 heavy (non-hydrogen) atoms. The minimum absolute atomic E-state index is 0.0346. The number of rotatable bonds is 4. The van der Waals surface area contributed by atoms with Crippen LogP contribution in [0.1, 0.15) is 48.4 Å². The Morgan fingerprint density at radius 3 is 2.50 bits per heavy atom. The molecule has 0 aromatic heterocycles. The lowest BCUT2D eigenvalue weighted by Crippen LogP contribution is -2.42. The average molecular weight is 312 g/mol. The maximum atomic E-state index is 6.39. The Kier molecular flexibility index (Phi) is 4.15. The molecule has 0 radical (unpaired) electrons. The number of hydrogen-bond acceptors (Lipinski definition) is 2. The van der Waals surface area contributed by atoms with Gasteiger partial charge in [-0.3, -0.25) is 0 Å². The van der Waals surface area contributed by atoms with Crippen LogP contribution in [0.25, 0.3) is 0 Å². The summed E-state index contributed by atoms with van der Waals surface area (Å²) in [5.74, 6) is 0. The minimum Gasteiger partial charge on any atom is -0.378 e. The molecular formula is C15H22BrNO. The van der Waals surface area contributed by atoms with Crippen molar-refractivity contribution in [1.29, 1.82) is 0 Å². The fraction of sp³-hybridized carbons (Fsp3) is 0.600. The second-order valence-corrected chi connectivity index (χ2v) is 6.36. The number of halogens is 1. The van der Waals surface area contributed by atoms with Crippen molar-refractivity contribution in [3.8, 4) is 0 Å². The quantitative estimate of drug-likeness (QED) is 0.911. The Morgan fingerprint density at radius 2 is 2.00 bits per heavy atom. The zero-order chi connectivity index (χ0) is 13.3. The highest BCUT2D eigenvalue weighted by Gasteiger charge is 2.38. The molecule has 0 saturated heterocycles. The second kappa shape index (κ2) is 5.32. The molecule has 1 aromatic rings. The van der Waals surface area contributed by atoms with E-state index in [9.17, 15) is 0 Å². The van der Waals surface area contributed by atoms with Gasteiger partial charge in [0.1, 0.15) is 0 Å². The predicted molar refractivity (Wildman–Crippen MR) is 78.8 cm³/mol. The normalized spacial score (nSPS) is 19.4. The Hall–Kier alpha value is -0.380. The molecule has 0 aliphatic heterocycles. The van der Waals surface area contributed by atoms with Crippen LogP contribution in [-0.4, -0.2) is 12.7 Å². The summed E-state index contributed by atoms with van der Waals surface area (Å²) in [6.07, 6.45) is 4.47. The molecule has 100 valence electrons. The molecule has 2 nitrogen and oxygen atoms in total. The van der Waals surface area contributed by atoms with Gasteiger partial charge in [0.15, 0.2) is 0 Å². The molecule has 1 saturated carbocycles. The fourth-order valence-corrected chi connectivity index (χ4v) is 3.23. The summed E-state index contributed by atoms with van der Waals surface area (Å²) in [5.41, 5.74) is 10.2. The van der Waals surface area contributed by atoms with Gasteiger partial charge in [-0.05, 0) is 62.3 Å². The van der Waals surface area contributed by atoms with Crippen LogP contribution in [0.5, 0.6) is 0 Å². The van der Waals surface area contributed by atoms with Crippen molar-refractivity contribution in [3.05, 3.63) is 33.3 Å². The molecule has 2 rings (SSSR count). The van der Waals surface area contributed by atoms with Crippen LogP contribution >= 0.6 is 15.9 Å². The summed E-state index contributed by atoms with van der Waals surface area (Å²) in [4.78, 5) is 0. The Balaban J connectivity index is 2.18. The van der Waals surface area contributed by atoms with E-state index in [0.29, 0.717) is 0 Å². The van der Waals surface area contributed by atoms with Gasteiger partial charge in [-0.1, -0.05) is 22.0 Å². The summed E-state index contributed by atoms with van der Waals surface area (Å²) in [7, 11) is 1.81. The first-order valence-electron chi connectivity index (χ1n) is 6.55. The van der Waals surface area contributed by atoms with Crippen molar-refractivity contribution in [3.63, 3.8) is 0 Å². The van der Waals surface area contributed by atoms with Crippen molar-refractivity contribution in [2.45, 2.75) is 51.2 Å². The molecule has 1 unspecified atom stereocenters. The van der Waals surface area contributed by atoms with E-state index >= 15 is 0 Å². The van der Waals surface area contributed by atoms with E-state index in [4.69, 9.17) is 10.5 Å². The van der Waals surface area contributed by atoms with Gasteiger partial charge in [-0.2, -0.15) is 0 Å². The largest absolute Gasteiger partial charge is 0.378 e. The van der Waals surface area contributed by atoms with E-state index in [1.807, 2.05) is 7.11 Å². The monoisotopic (exact) mass is 311 g/mol. The number of nitrogens with two attached hydrogens (primary N) is 1. The van der Waals surface area contributed by atoms with Gasteiger partial charge in [-0.25, -0.2) is 0 Å². The summed E-state index contributed by atoms with van der Waals surface area (Å²) in [5, 5.41) is 0. The Bertz CT molecular complexity index is 435. The lowest BCUT2D eigenvalue weighted by Gasteiger charge is -2.42. The number of benzene rings is 1. The number of ether oxygens (including phenoxy) is 1. The summed E-state index contributed by atoms with van der Waals surface area (Å²) >= 11 is 3.56. The van der Waals surface area contributed by atoms with Crippen molar-refractivity contribution < 1.29 is 4.74 Å². The SMILES string of the molecule is COC1(CC(N)c2cc(C)c(Br)cc2C)CCC1. The predicted octanol–water partition coefficient (Wildman–Crippen LogP) is 4.02. The highest BCUT2D eigenvalue weighted by Crippen LogP contribution is 2.41. The maximum Gasteiger partial charge on any atom is 0.0696 e. The molecular weight excluding hydrogens is 290 g/mol. The van der Waals surface area contributed by atoms with Gasteiger partial charge in [-0.15, -0.1) is 0 Å². The number of methoxy groups -OCH3 is 1. The van der Waals surface area contributed by atoms with Gasteiger partial charge in [0.05, 0.1) is 5.60 Å². The maximum absolute atomic E-state index is 6.39. The van der Waals surface area contributed by atoms with Gasteiger partial charge in [0.25, 0.3) is 0 Å². The molecule has 0 spiro atoms. The summed E-state index contributed by atoms with van der Waals surface area (Å²) < 4.78 is 6.82. The molecule has 0 amide bonds. The van der Waals surface area contributed by atoms with E-state index in [2.05, 4.69) is 41.9 Å². The van der Waals surface area contributed by atoms with Gasteiger partial charge in [0.2, 0.25) is 0 Å². The Morgan fingerprint density at radius 1 is 1.33 bits per heavy atom. The molecule has 3 heteroatoms. The van der Waals surface area contributed by atoms with E-state index in [0.717, 1.165) is 23.7 Å². The van der Waals surface area contributed by atoms with Crippen molar-refractivity contribution in [1.82, 2.24) is 0 Å². The molecule has 1 aliphatic rings. The highest BCUT2D eigenvalue weighted by atomic mass is 79.9. The second-order valence-electron chi connectivity index (χ2n) is 5.51. The Labute approximate surface area is 118 Å². The van der Waals surface area contributed by atoms with E-state index < -0.39 is 0 Å². The van der Waals surface area contributed by atoms with E-state index in [1.165, 1.54) is 23.1 Å². The van der Waals surface area contributed by atoms with Crippen molar-refractivity contribution in [2.75, 3.05) is 7.11 Å². The lowest BCUT2D eigenvalue weighted by molar-refractivity contribution is -0.0817.